The second-order valence-corrected chi connectivity index (χ2v) is 7.61. The topological polar surface area (TPSA) is 95.8 Å². The third-order valence-corrected chi connectivity index (χ3v) is 5.55. The number of carbonyl (C=O) groups is 1. The van der Waals surface area contributed by atoms with E-state index in [0.717, 1.165) is 30.7 Å². The Kier molecular flexibility index (Phi) is 6.67. The summed E-state index contributed by atoms with van der Waals surface area (Å²) in [7, 11) is 0. The summed E-state index contributed by atoms with van der Waals surface area (Å²) in [5.74, 6) is 2.14. The molecule has 1 aromatic heterocycles. The third kappa shape index (κ3) is 4.90. The van der Waals surface area contributed by atoms with Gasteiger partial charge in [0, 0.05) is 18.3 Å². The molecule has 7 heteroatoms. The minimum absolute atomic E-state index is 0.0330. The van der Waals surface area contributed by atoms with E-state index in [1.807, 2.05) is 64.8 Å². The Morgan fingerprint density at radius 2 is 1.94 bits per heavy atom. The maximum Gasteiger partial charge on any atom is 0.246 e. The lowest BCUT2D eigenvalue weighted by molar-refractivity contribution is -0.579. The van der Waals surface area contributed by atoms with Crippen molar-refractivity contribution in [2.24, 2.45) is 0 Å². The molecule has 0 radical (unpaired) electrons. The number of para-hydroxylation sites is 1. The van der Waals surface area contributed by atoms with Gasteiger partial charge in [-0.25, -0.2) is 4.98 Å². The number of nitrogens with two attached hydrogens (primary N) is 1. The minimum Gasteiger partial charge on any atom is -0.457 e. The Morgan fingerprint density at radius 3 is 2.69 bits per heavy atom. The first-order valence-electron chi connectivity index (χ1n) is 10.6. The van der Waals surface area contributed by atoms with Crippen molar-refractivity contribution in [1.29, 1.82) is 5.41 Å². The second-order valence-electron chi connectivity index (χ2n) is 7.61. The molecule has 4 rings (SSSR count). The first-order valence-corrected chi connectivity index (χ1v) is 10.6. The molecule has 0 spiro atoms. The van der Waals surface area contributed by atoms with Gasteiger partial charge in [-0.3, -0.25) is 15.5 Å². The summed E-state index contributed by atoms with van der Waals surface area (Å²) < 4.78 is 5.84. The molecule has 0 aliphatic carbocycles. The monoisotopic (exact) mass is 428 g/mol. The highest BCUT2D eigenvalue weighted by molar-refractivity contribution is 6.12. The summed E-state index contributed by atoms with van der Waals surface area (Å²) in [5.41, 5.74) is 1.75. The number of quaternary nitrogens is 1. The summed E-state index contributed by atoms with van der Waals surface area (Å²) >= 11 is 0. The van der Waals surface area contributed by atoms with E-state index in [2.05, 4.69) is 16.5 Å². The summed E-state index contributed by atoms with van der Waals surface area (Å²) in [6.07, 6.45) is 6.46. The van der Waals surface area contributed by atoms with Crippen molar-refractivity contribution >= 4 is 17.4 Å². The van der Waals surface area contributed by atoms with Crippen LogP contribution in [0.4, 0.5) is 5.82 Å². The van der Waals surface area contributed by atoms with Crippen molar-refractivity contribution in [2.75, 3.05) is 13.1 Å². The molecule has 1 aliphatic rings. The van der Waals surface area contributed by atoms with Crippen molar-refractivity contribution in [3.05, 3.63) is 90.9 Å². The van der Waals surface area contributed by atoms with Gasteiger partial charge in [-0.2, -0.15) is 4.98 Å². The lowest BCUT2D eigenvalue weighted by Gasteiger charge is -2.22. The van der Waals surface area contributed by atoms with Crippen LogP contribution in [0.15, 0.2) is 79.8 Å². The van der Waals surface area contributed by atoms with Gasteiger partial charge in [0.15, 0.2) is 0 Å². The number of rotatable bonds is 8. The van der Waals surface area contributed by atoms with E-state index in [0.29, 0.717) is 29.4 Å². The third-order valence-electron chi connectivity index (χ3n) is 5.55. The summed E-state index contributed by atoms with van der Waals surface area (Å²) in [4.78, 5) is 22.4. The zero-order valence-corrected chi connectivity index (χ0v) is 17.8. The van der Waals surface area contributed by atoms with Gasteiger partial charge in [0.2, 0.25) is 11.7 Å². The number of amides is 1. The number of aromatic nitrogens is 2. The number of nitrogens with one attached hydrogen (secondary N) is 1. The van der Waals surface area contributed by atoms with Crippen molar-refractivity contribution in [2.45, 2.75) is 18.9 Å². The van der Waals surface area contributed by atoms with E-state index < -0.39 is 0 Å². The largest absolute Gasteiger partial charge is 0.457 e. The summed E-state index contributed by atoms with van der Waals surface area (Å²) in [6.45, 7) is 5.04. The van der Waals surface area contributed by atoms with Gasteiger partial charge in [-0.05, 0) is 55.3 Å². The molecule has 1 amide bonds. The zero-order valence-electron chi connectivity index (χ0n) is 17.8. The molecular weight excluding hydrogens is 402 g/mol. The van der Waals surface area contributed by atoms with E-state index >= 15 is 0 Å². The molecule has 0 saturated carbocycles. The number of carbonyl (C=O) groups excluding carboxylic acids is 1. The van der Waals surface area contributed by atoms with Gasteiger partial charge in [0.25, 0.3) is 0 Å². The molecule has 32 heavy (non-hydrogen) atoms. The molecule has 1 saturated heterocycles. The fraction of sp³-hybridized carbons (Fsp3) is 0.200. The van der Waals surface area contributed by atoms with Gasteiger partial charge in [-0.15, -0.1) is 0 Å². The van der Waals surface area contributed by atoms with Gasteiger partial charge >= 0.3 is 0 Å². The SMILES string of the molecule is C=CC(=O)N1CCC[C@H]1C[NH2+]c1ncncc1C(=N)c1ccc(Oc2ccccc2)cc1. The van der Waals surface area contributed by atoms with Crippen LogP contribution in [0.1, 0.15) is 24.0 Å². The smallest absolute Gasteiger partial charge is 0.246 e. The minimum atomic E-state index is -0.0330. The average molecular weight is 429 g/mol. The van der Waals surface area contributed by atoms with Crippen molar-refractivity contribution < 1.29 is 14.8 Å². The summed E-state index contributed by atoms with van der Waals surface area (Å²) in [6, 6.07) is 17.1. The number of ether oxygens (including phenoxy) is 1. The highest BCUT2D eigenvalue weighted by Gasteiger charge is 2.29. The van der Waals surface area contributed by atoms with Crippen LogP contribution in [-0.4, -0.2) is 45.6 Å². The van der Waals surface area contributed by atoms with E-state index in [1.165, 1.54) is 12.4 Å². The maximum absolute atomic E-state index is 12.1. The number of nitrogens with zero attached hydrogens (tertiary/aromatic N) is 3. The Balaban J connectivity index is 1.45. The van der Waals surface area contributed by atoms with E-state index in [-0.39, 0.29) is 11.9 Å². The normalized spacial score (nSPS) is 15.4. The molecule has 2 aromatic carbocycles. The van der Waals surface area contributed by atoms with E-state index in [1.54, 1.807) is 6.20 Å². The van der Waals surface area contributed by atoms with Gasteiger partial charge < -0.3 is 9.64 Å². The molecule has 2 heterocycles. The lowest BCUT2D eigenvalue weighted by atomic mass is 10.0. The van der Waals surface area contributed by atoms with E-state index in [4.69, 9.17) is 10.1 Å². The molecule has 3 aromatic rings. The highest BCUT2D eigenvalue weighted by Crippen LogP contribution is 2.22. The van der Waals surface area contributed by atoms with Crippen LogP contribution >= 0.6 is 0 Å². The van der Waals surface area contributed by atoms with Crippen molar-refractivity contribution in [3.8, 4) is 11.5 Å². The van der Waals surface area contributed by atoms with Crippen LogP contribution in [0.25, 0.3) is 0 Å². The molecule has 0 unspecified atom stereocenters. The first kappa shape index (κ1) is 21.4. The molecule has 162 valence electrons. The Bertz CT molecular complexity index is 1100. The first-order chi connectivity index (χ1) is 15.7. The van der Waals surface area contributed by atoms with Crippen LogP contribution in [0.3, 0.4) is 0 Å². The summed E-state index contributed by atoms with van der Waals surface area (Å²) in [5, 5.41) is 10.7. The van der Waals surface area contributed by atoms with Crippen LogP contribution in [0, 0.1) is 5.41 Å². The lowest BCUT2D eigenvalue weighted by Crippen LogP contribution is -2.82. The van der Waals surface area contributed by atoms with Crippen LogP contribution in [0.2, 0.25) is 0 Å². The molecule has 0 bridgehead atoms. The van der Waals surface area contributed by atoms with Crippen LogP contribution in [0.5, 0.6) is 11.5 Å². The number of hydrogen-bond donors (Lipinski definition) is 2. The van der Waals surface area contributed by atoms with Gasteiger partial charge in [0.05, 0.1) is 17.3 Å². The zero-order chi connectivity index (χ0) is 22.3. The molecule has 1 atom stereocenters. The predicted octanol–water partition coefficient (Wildman–Crippen LogP) is 3.06. The molecule has 1 aliphatic heterocycles. The quantitative estimate of drug-likeness (QED) is 0.426. The number of likely N-dealkylation sites (tertiary alicyclic amines) is 1. The van der Waals surface area contributed by atoms with E-state index in [9.17, 15) is 4.79 Å². The van der Waals surface area contributed by atoms with Crippen molar-refractivity contribution in [1.82, 2.24) is 14.9 Å². The molecular formula is C25H26N5O2+. The highest BCUT2D eigenvalue weighted by atomic mass is 16.5. The van der Waals surface area contributed by atoms with Gasteiger partial charge in [0.1, 0.15) is 24.4 Å². The average Bonchev–Trinajstić information content (AvgIpc) is 3.32. The Morgan fingerprint density at radius 1 is 1.19 bits per heavy atom. The molecule has 1 fully saturated rings. The number of hydrogen-bond acceptors (Lipinski definition) is 5. The van der Waals surface area contributed by atoms with Crippen LogP contribution in [-0.2, 0) is 4.79 Å². The Hall–Kier alpha value is -3.84. The molecule has 3 N–H and O–H groups in total. The standard InChI is InChI=1S/C25H25N5O2/c1-2-23(31)30-14-6-7-19(30)15-28-25-22(16-27-17-29-25)24(26)18-10-12-21(13-11-18)32-20-8-4-3-5-9-20/h2-5,8-13,16-17,19,26H,1,6-7,14-15H2,(H,27,28,29)/p+1/t19-/m0/s1. The predicted molar refractivity (Wildman–Crippen MR) is 122 cm³/mol. The van der Waals surface area contributed by atoms with Gasteiger partial charge in [-0.1, -0.05) is 24.8 Å². The van der Waals surface area contributed by atoms with Crippen LogP contribution < -0.4 is 10.1 Å². The fourth-order valence-corrected chi connectivity index (χ4v) is 3.90. The molecule has 7 nitrogen and oxygen atoms in total. The maximum atomic E-state index is 12.1. The van der Waals surface area contributed by atoms with Crippen molar-refractivity contribution in [3.63, 3.8) is 0 Å². The number of benzene rings is 2. The fourth-order valence-electron chi connectivity index (χ4n) is 3.90. The second kappa shape index (κ2) is 9.98. The Labute approximate surface area is 187 Å².